The third-order valence-electron chi connectivity index (χ3n) is 5.68. The van der Waals surface area contributed by atoms with E-state index in [1.807, 2.05) is 11.5 Å². The van der Waals surface area contributed by atoms with Gasteiger partial charge in [-0.25, -0.2) is 0 Å². The molecule has 2 aromatic heterocycles. The number of benzene rings is 2. The van der Waals surface area contributed by atoms with Crippen LogP contribution < -0.4 is 4.74 Å². The molecule has 0 unspecified atom stereocenters. The Hall–Kier alpha value is -2.08. The highest BCUT2D eigenvalue weighted by Crippen LogP contribution is 2.38. The van der Waals surface area contributed by atoms with E-state index in [0.29, 0.717) is 0 Å². The van der Waals surface area contributed by atoms with E-state index in [0.717, 1.165) is 38.5 Å². The molecular formula is C23H27N3OS. The summed E-state index contributed by atoms with van der Waals surface area (Å²) in [5.74, 6) is 0.957. The highest BCUT2D eigenvalue weighted by molar-refractivity contribution is 7.14. The van der Waals surface area contributed by atoms with Crippen molar-refractivity contribution in [3.63, 3.8) is 0 Å². The molecular weight excluding hydrogens is 366 g/mol. The Labute approximate surface area is 170 Å². The number of likely N-dealkylation sites (N-methyl/N-ethyl adjacent to an activating group) is 1. The van der Waals surface area contributed by atoms with Gasteiger partial charge in [0.15, 0.2) is 0 Å². The second kappa shape index (κ2) is 7.07. The van der Waals surface area contributed by atoms with Crippen LogP contribution in [-0.4, -0.2) is 52.9 Å². The quantitative estimate of drug-likeness (QED) is 0.495. The number of piperazine rings is 1. The lowest BCUT2D eigenvalue weighted by atomic mass is 10.1. The zero-order valence-electron chi connectivity index (χ0n) is 16.8. The van der Waals surface area contributed by atoms with Gasteiger partial charge in [-0.3, -0.25) is 8.69 Å². The number of para-hydroxylation sites is 1. The maximum absolute atomic E-state index is 6.00. The third-order valence-corrected chi connectivity index (χ3v) is 6.80. The molecule has 0 amide bonds. The lowest BCUT2D eigenvalue weighted by molar-refractivity contribution is 0.149. The lowest BCUT2D eigenvalue weighted by Crippen LogP contribution is -2.43. The van der Waals surface area contributed by atoms with Crippen molar-refractivity contribution in [2.45, 2.75) is 26.5 Å². The highest BCUT2D eigenvalue weighted by Gasteiger charge is 2.21. The van der Waals surface area contributed by atoms with E-state index in [4.69, 9.17) is 4.74 Å². The molecule has 0 radical (unpaired) electrons. The fraction of sp³-hybridized carbons (Fsp3) is 0.391. The van der Waals surface area contributed by atoms with Gasteiger partial charge >= 0.3 is 0 Å². The van der Waals surface area contributed by atoms with Crippen molar-refractivity contribution in [3.05, 3.63) is 48.0 Å². The summed E-state index contributed by atoms with van der Waals surface area (Å²) in [7, 11) is 2.21. The Morgan fingerprint density at radius 2 is 1.79 bits per heavy atom. The van der Waals surface area contributed by atoms with Crippen molar-refractivity contribution >= 4 is 38.0 Å². The Morgan fingerprint density at radius 1 is 1.00 bits per heavy atom. The first-order valence-electron chi connectivity index (χ1n) is 10.1. The first-order chi connectivity index (χ1) is 13.6. The summed E-state index contributed by atoms with van der Waals surface area (Å²) in [6.07, 6.45) is 0.183. The predicted molar refractivity (Wildman–Crippen MR) is 119 cm³/mol. The topological polar surface area (TPSA) is 20.1 Å². The molecule has 0 spiro atoms. The first-order valence-corrected chi connectivity index (χ1v) is 10.9. The summed E-state index contributed by atoms with van der Waals surface area (Å²) in [6.45, 7) is 9.72. The monoisotopic (exact) mass is 393 g/mol. The summed E-state index contributed by atoms with van der Waals surface area (Å²) in [5, 5.41) is 2.69. The second-order valence-electron chi connectivity index (χ2n) is 8.13. The van der Waals surface area contributed by atoms with E-state index in [-0.39, 0.29) is 6.10 Å². The van der Waals surface area contributed by atoms with Crippen LogP contribution in [-0.2, 0) is 6.54 Å². The van der Waals surface area contributed by atoms with Crippen molar-refractivity contribution in [2.75, 3.05) is 33.2 Å². The van der Waals surface area contributed by atoms with Gasteiger partial charge in [0.25, 0.3) is 0 Å². The molecule has 4 aromatic rings. The average Bonchev–Trinajstić information content (AvgIpc) is 3.19. The van der Waals surface area contributed by atoms with Crippen LogP contribution in [0.4, 0.5) is 0 Å². The number of rotatable bonds is 4. The van der Waals surface area contributed by atoms with Crippen LogP contribution in [0.2, 0.25) is 0 Å². The van der Waals surface area contributed by atoms with Gasteiger partial charge in [-0.15, -0.1) is 0 Å². The van der Waals surface area contributed by atoms with Crippen LogP contribution in [0, 0.1) is 0 Å². The molecule has 1 aliphatic rings. The first kappa shape index (κ1) is 18.0. The molecule has 1 saturated heterocycles. The zero-order valence-corrected chi connectivity index (χ0v) is 17.6. The number of fused-ring (bicyclic) bond motifs is 5. The summed E-state index contributed by atoms with van der Waals surface area (Å²) in [5.41, 5.74) is 4.12. The summed E-state index contributed by atoms with van der Waals surface area (Å²) < 4.78 is 9.73. The lowest BCUT2D eigenvalue weighted by Gasteiger charge is -2.32. The molecule has 5 heteroatoms. The van der Waals surface area contributed by atoms with Crippen LogP contribution in [0.15, 0.2) is 42.5 Å². The molecule has 4 nitrogen and oxygen atoms in total. The SMILES string of the molecule is CC(C)Oc1ccc2sn3c4ccccc4c(CN4CCN(C)CC4)c3c2c1. The van der Waals surface area contributed by atoms with E-state index in [1.54, 1.807) is 0 Å². The molecule has 0 atom stereocenters. The van der Waals surface area contributed by atoms with Gasteiger partial charge in [-0.2, -0.15) is 0 Å². The average molecular weight is 394 g/mol. The molecule has 5 rings (SSSR count). The van der Waals surface area contributed by atoms with Crippen molar-refractivity contribution in [1.82, 2.24) is 13.6 Å². The Morgan fingerprint density at radius 3 is 2.57 bits per heavy atom. The van der Waals surface area contributed by atoms with Crippen LogP contribution in [0.1, 0.15) is 19.4 Å². The summed E-state index contributed by atoms with van der Waals surface area (Å²) in [6, 6.07) is 15.4. The standard InChI is InChI=1S/C23H27N3OS/c1-16(2)27-17-8-9-22-19(14-17)23-20(15-25-12-10-24(3)11-13-25)18-6-4-5-7-21(18)26(23)28-22/h4-9,14,16H,10-13,15H2,1-3H3. The molecule has 1 fully saturated rings. The predicted octanol–water partition coefficient (Wildman–Crippen LogP) is 4.84. The van der Waals surface area contributed by atoms with Crippen LogP contribution in [0.25, 0.3) is 26.5 Å². The minimum atomic E-state index is 0.183. The molecule has 1 aliphatic heterocycles. The van der Waals surface area contributed by atoms with Crippen LogP contribution >= 0.6 is 11.5 Å². The summed E-state index contributed by atoms with van der Waals surface area (Å²) in [4.78, 5) is 5.01. The third kappa shape index (κ3) is 3.08. The molecule has 3 heterocycles. The second-order valence-corrected chi connectivity index (χ2v) is 9.12. The smallest absolute Gasteiger partial charge is 0.120 e. The minimum Gasteiger partial charge on any atom is -0.491 e. The summed E-state index contributed by atoms with van der Waals surface area (Å²) >= 11 is 1.84. The fourth-order valence-corrected chi connectivity index (χ4v) is 5.39. The Bertz CT molecular complexity index is 1140. The number of nitrogens with zero attached hydrogens (tertiary/aromatic N) is 3. The molecule has 146 valence electrons. The normalized spacial score (nSPS) is 16.7. The van der Waals surface area contributed by atoms with E-state index >= 15 is 0 Å². The zero-order chi connectivity index (χ0) is 19.3. The van der Waals surface area contributed by atoms with Crippen LogP contribution in [0.5, 0.6) is 5.75 Å². The van der Waals surface area contributed by atoms with Crippen molar-refractivity contribution in [2.24, 2.45) is 0 Å². The van der Waals surface area contributed by atoms with E-state index < -0.39 is 0 Å². The maximum atomic E-state index is 6.00. The fourth-order valence-electron chi connectivity index (χ4n) is 4.25. The van der Waals surface area contributed by atoms with Gasteiger partial charge in [0, 0.05) is 49.1 Å². The molecule has 0 saturated carbocycles. The van der Waals surface area contributed by atoms with E-state index in [9.17, 15) is 0 Å². The molecule has 28 heavy (non-hydrogen) atoms. The van der Waals surface area contributed by atoms with Gasteiger partial charge in [0.05, 0.1) is 21.8 Å². The number of hydrogen-bond acceptors (Lipinski definition) is 4. The van der Waals surface area contributed by atoms with Gasteiger partial charge in [-0.05, 0) is 45.2 Å². The van der Waals surface area contributed by atoms with Gasteiger partial charge in [0.2, 0.25) is 0 Å². The van der Waals surface area contributed by atoms with Gasteiger partial charge in [0.1, 0.15) is 5.75 Å². The number of ether oxygens (including phenoxy) is 1. The highest BCUT2D eigenvalue weighted by atomic mass is 32.1. The maximum Gasteiger partial charge on any atom is 0.120 e. The van der Waals surface area contributed by atoms with Crippen LogP contribution in [0.3, 0.4) is 0 Å². The number of aromatic nitrogens is 1. The van der Waals surface area contributed by atoms with E-state index in [2.05, 4.69) is 76.9 Å². The molecule has 0 N–H and O–H groups in total. The van der Waals surface area contributed by atoms with Crippen molar-refractivity contribution in [1.29, 1.82) is 0 Å². The Kier molecular flexibility index (Phi) is 4.54. The number of hydrogen-bond donors (Lipinski definition) is 0. The molecule has 0 bridgehead atoms. The van der Waals surface area contributed by atoms with Crippen molar-refractivity contribution in [3.8, 4) is 5.75 Å². The molecule has 2 aromatic carbocycles. The van der Waals surface area contributed by atoms with Gasteiger partial charge in [-0.1, -0.05) is 29.7 Å². The van der Waals surface area contributed by atoms with Crippen molar-refractivity contribution < 1.29 is 4.74 Å². The van der Waals surface area contributed by atoms with Gasteiger partial charge < -0.3 is 9.64 Å². The minimum absolute atomic E-state index is 0.183. The molecule has 0 aliphatic carbocycles. The Balaban J connectivity index is 1.68. The largest absolute Gasteiger partial charge is 0.491 e. The van der Waals surface area contributed by atoms with E-state index in [1.165, 1.54) is 32.1 Å².